The lowest BCUT2D eigenvalue weighted by Crippen LogP contribution is -2.31. The molecule has 0 bridgehead atoms. The molecule has 4 heteroatoms. The van der Waals surface area contributed by atoms with Crippen molar-refractivity contribution in [2.24, 2.45) is 0 Å². The Bertz CT molecular complexity index is 200. The number of Topliss-reactive ketones (excluding diaryl/α,β-unsaturated/α-hetero) is 1. The molecule has 0 amide bonds. The highest BCUT2D eigenvalue weighted by Gasteiger charge is 2.25. The summed E-state index contributed by atoms with van der Waals surface area (Å²) in [5.74, 6) is -0.0432. The molecule has 62 valence electrons. The van der Waals surface area contributed by atoms with Crippen molar-refractivity contribution in [3.05, 3.63) is 10.6 Å². The molecule has 2 atom stereocenters. The Morgan fingerprint density at radius 1 is 1.73 bits per heavy atom. The zero-order chi connectivity index (χ0) is 8.43. The zero-order valence-corrected chi connectivity index (χ0v) is 7.92. The first-order valence-electron chi connectivity index (χ1n) is 3.25. The number of methoxy groups -OCH3 is 1. The Kier molecular flexibility index (Phi) is 2.81. The number of carbonyl (C=O) groups excluding carboxylic acids is 1. The van der Waals surface area contributed by atoms with E-state index in [2.05, 4.69) is 15.9 Å². The minimum Gasteiger partial charge on any atom is -0.352 e. The molecular weight excluding hydrogens is 212 g/mol. The lowest BCUT2D eigenvalue weighted by atomic mass is 10.2. The van der Waals surface area contributed by atoms with E-state index in [0.29, 0.717) is 4.48 Å². The van der Waals surface area contributed by atoms with E-state index in [9.17, 15) is 4.79 Å². The van der Waals surface area contributed by atoms with Crippen LogP contribution in [-0.4, -0.2) is 25.3 Å². The molecule has 1 aliphatic heterocycles. The quantitative estimate of drug-likeness (QED) is 0.667. The van der Waals surface area contributed by atoms with Gasteiger partial charge in [0.15, 0.2) is 12.1 Å². The number of ether oxygens (including phenoxy) is 2. The molecule has 0 saturated heterocycles. The zero-order valence-electron chi connectivity index (χ0n) is 6.33. The summed E-state index contributed by atoms with van der Waals surface area (Å²) >= 11 is 3.13. The first-order valence-corrected chi connectivity index (χ1v) is 4.04. The van der Waals surface area contributed by atoms with Gasteiger partial charge in [-0.1, -0.05) is 0 Å². The van der Waals surface area contributed by atoms with E-state index in [-0.39, 0.29) is 5.78 Å². The molecule has 1 aliphatic rings. The van der Waals surface area contributed by atoms with Gasteiger partial charge in [0.05, 0.1) is 4.48 Å². The van der Waals surface area contributed by atoms with Crippen molar-refractivity contribution in [1.29, 1.82) is 0 Å². The summed E-state index contributed by atoms with van der Waals surface area (Å²) in [7, 11) is 1.53. The third kappa shape index (κ3) is 1.89. The minimum atomic E-state index is -0.417. The summed E-state index contributed by atoms with van der Waals surface area (Å²) in [6.07, 6.45) is 0.777. The fourth-order valence-corrected chi connectivity index (χ4v) is 1.36. The van der Waals surface area contributed by atoms with Crippen LogP contribution >= 0.6 is 15.9 Å². The monoisotopic (exact) mass is 220 g/mol. The lowest BCUT2D eigenvalue weighted by molar-refractivity contribution is -0.152. The molecule has 0 aromatic heterocycles. The van der Waals surface area contributed by atoms with Gasteiger partial charge < -0.3 is 9.47 Å². The van der Waals surface area contributed by atoms with Crippen LogP contribution < -0.4 is 0 Å². The average Bonchev–Trinajstić information content (AvgIpc) is 1.99. The van der Waals surface area contributed by atoms with Gasteiger partial charge in [-0.15, -0.1) is 0 Å². The maximum absolute atomic E-state index is 11.1. The van der Waals surface area contributed by atoms with E-state index in [1.165, 1.54) is 7.11 Å². The number of ketones is 1. The van der Waals surface area contributed by atoms with Gasteiger partial charge in [-0.2, -0.15) is 0 Å². The molecule has 0 aromatic carbocycles. The predicted molar refractivity (Wildman–Crippen MR) is 43.4 cm³/mol. The number of halogens is 1. The van der Waals surface area contributed by atoms with E-state index in [1.807, 2.05) is 0 Å². The average molecular weight is 221 g/mol. The van der Waals surface area contributed by atoms with Crippen LogP contribution in [0.5, 0.6) is 0 Å². The summed E-state index contributed by atoms with van der Waals surface area (Å²) in [6.45, 7) is 1.70. The fourth-order valence-electron chi connectivity index (χ4n) is 0.822. The van der Waals surface area contributed by atoms with Gasteiger partial charge in [-0.3, -0.25) is 4.79 Å². The van der Waals surface area contributed by atoms with Crippen molar-refractivity contribution in [2.45, 2.75) is 19.3 Å². The molecule has 0 radical (unpaired) electrons. The fraction of sp³-hybridized carbons (Fsp3) is 0.571. The van der Waals surface area contributed by atoms with Crippen LogP contribution in [-0.2, 0) is 14.3 Å². The van der Waals surface area contributed by atoms with Gasteiger partial charge in [0, 0.05) is 7.11 Å². The van der Waals surface area contributed by atoms with Crippen molar-refractivity contribution in [3.63, 3.8) is 0 Å². The Hall–Kier alpha value is -0.190. The normalized spacial score (nSPS) is 31.9. The Morgan fingerprint density at radius 2 is 2.36 bits per heavy atom. The Morgan fingerprint density at radius 3 is 2.82 bits per heavy atom. The van der Waals surface area contributed by atoms with E-state index >= 15 is 0 Å². The number of hydrogen-bond donors (Lipinski definition) is 0. The second-order valence-corrected chi connectivity index (χ2v) is 3.12. The highest BCUT2D eigenvalue weighted by atomic mass is 79.9. The SMILES string of the molecule is CO[C@H]1C=C(Br)C(=O)[C@H](C)O1. The van der Waals surface area contributed by atoms with Gasteiger partial charge >= 0.3 is 0 Å². The van der Waals surface area contributed by atoms with E-state index < -0.39 is 12.4 Å². The van der Waals surface area contributed by atoms with Crippen molar-refractivity contribution >= 4 is 21.7 Å². The largest absolute Gasteiger partial charge is 0.352 e. The molecule has 0 spiro atoms. The van der Waals surface area contributed by atoms with Gasteiger partial charge in [0.25, 0.3) is 0 Å². The first kappa shape index (κ1) is 8.90. The third-order valence-electron chi connectivity index (χ3n) is 1.46. The van der Waals surface area contributed by atoms with Crippen molar-refractivity contribution in [2.75, 3.05) is 7.11 Å². The summed E-state index contributed by atoms with van der Waals surface area (Å²) in [5.41, 5.74) is 0. The first-order chi connectivity index (χ1) is 5.15. The van der Waals surface area contributed by atoms with E-state index in [4.69, 9.17) is 9.47 Å². The van der Waals surface area contributed by atoms with Crippen LogP contribution in [0.4, 0.5) is 0 Å². The minimum absolute atomic E-state index is 0.0432. The lowest BCUT2D eigenvalue weighted by Gasteiger charge is -2.22. The van der Waals surface area contributed by atoms with Crippen LogP contribution in [0.2, 0.25) is 0 Å². The van der Waals surface area contributed by atoms with E-state index in [0.717, 1.165) is 0 Å². The summed E-state index contributed by atoms with van der Waals surface area (Å²) in [6, 6.07) is 0. The van der Waals surface area contributed by atoms with Crippen LogP contribution in [0, 0.1) is 0 Å². The van der Waals surface area contributed by atoms with Gasteiger partial charge in [-0.05, 0) is 28.9 Å². The van der Waals surface area contributed by atoms with Crippen molar-refractivity contribution in [1.82, 2.24) is 0 Å². The predicted octanol–water partition coefficient (Wildman–Crippen LogP) is 1.23. The van der Waals surface area contributed by atoms with Crippen molar-refractivity contribution < 1.29 is 14.3 Å². The van der Waals surface area contributed by atoms with Gasteiger partial charge in [-0.25, -0.2) is 0 Å². The van der Waals surface area contributed by atoms with Gasteiger partial charge in [0.2, 0.25) is 0 Å². The Labute approximate surface area is 73.5 Å². The highest BCUT2D eigenvalue weighted by molar-refractivity contribution is 9.12. The maximum Gasteiger partial charge on any atom is 0.198 e. The van der Waals surface area contributed by atoms with Crippen LogP contribution in [0.3, 0.4) is 0 Å². The highest BCUT2D eigenvalue weighted by Crippen LogP contribution is 2.19. The maximum atomic E-state index is 11.1. The molecule has 0 fully saturated rings. The van der Waals surface area contributed by atoms with E-state index in [1.54, 1.807) is 13.0 Å². The second-order valence-electron chi connectivity index (χ2n) is 2.26. The molecule has 1 rings (SSSR count). The summed E-state index contributed by atoms with van der Waals surface area (Å²) in [4.78, 5) is 11.1. The topological polar surface area (TPSA) is 35.5 Å². The third-order valence-corrected chi connectivity index (χ3v) is 2.11. The second kappa shape index (κ2) is 3.47. The molecule has 0 saturated carbocycles. The molecule has 3 nitrogen and oxygen atoms in total. The Balaban J connectivity index is 2.76. The molecule has 1 heterocycles. The number of carbonyl (C=O) groups is 1. The van der Waals surface area contributed by atoms with Crippen LogP contribution in [0.1, 0.15) is 6.92 Å². The summed E-state index contributed by atoms with van der Waals surface area (Å²) in [5, 5.41) is 0. The molecule has 0 aromatic rings. The molecule has 0 unspecified atom stereocenters. The van der Waals surface area contributed by atoms with Crippen LogP contribution in [0.25, 0.3) is 0 Å². The number of hydrogen-bond acceptors (Lipinski definition) is 3. The smallest absolute Gasteiger partial charge is 0.198 e. The van der Waals surface area contributed by atoms with Gasteiger partial charge in [0.1, 0.15) is 6.10 Å². The molecule has 0 aliphatic carbocycles. The standard InChI is InChI=1S/C7H9BrO3/c1-4-7(9)5(8)3-6(10-2)11-4/h3-4,6H,1-2H3/t4-,6+/m0/s1. The van der Waals surface area contributed by atoms with Crippen LogP contribution in [0.15, 0.2) is 10.6 Å². The number of rotatable bonds is 1. The van der Waals surface area contributed by atoms with Crippen molar-refractivity contribution in [3.8, 4) is 0 Å². The molecule has 11 heavy (non-hydrogen) atoms. The molecule has 0 N–H and O–H groups in total. The molecular formula is C7H9BrO3. The summed E-state index contributed by atoms with van der Waals surface area (Å²) < 4.78 is 10.6.